The van der Waals surface area contributed by atoms with Crippen LogP contribution in [-0.2, 0) is 10.2 Å². The van der Waals surface area contributed by atoms with Gasteiger partial charge in [-0.05, 0) is 67.2 Å². The van der Waals surface area contributed by atoms with Crippen LogP contribution in [0.1, 0.15) is 36.8 Å². The molecule has 0 aliphatic heterocycles. The average Bonchev–Trinajstić information content (AvgIpc) is 2.91. The summed E-state index contributed by atoms with van der Waals surface area (Å²) in [6, 6.07) is 13.2. The average molecular weight is 467 g/mol. The van der Waals surface area contributed by atoms with Gasteiger partial charge in [-0.25, -0.2) is 4.79 Å². The summed E-state index contributed by atoms with van der Waals surface area (Å²) in [6.07, 6.45) is 4.53. The van der Waals surface area contributed by atoms with E-state index >= 15 is 0 Å². The third-order valence-corrected chi connectivity index (χ3v) is 7.42. The van der Waals surface area contributed by atoms with Gasteiger partial charge in [-0.1, -0.05) is 57.3 Å². The molecule has 1 fully saturated rings. The fourth-order valence-corrected chi connectivity index (χ4v) is 5.60. The van der Waals surface area contributed by atoms with Crippen LogP contribution in [0.4, 0.5) is 5.69 Å². The Morgan fingerprint density at radius 3 is 2.44 bits per heavy atom. The van der Waals surface area contributed by atoms with Gasteiger partial charge >= 0.3 is 5.97 Å². The van der Waals surface area contributed by atoms with Crippen LogP contribution in [0, 0.1) is 0 Å². The summed E-state index contributed by atoms with van der Waals surface area (Å²) >= 11 is 16.2. The summed E-state index contributed by atoms with van der Waals surface area (Å²) in [5.41, 5.74) is 1.74. The lowest BCUT2D eigenvalue weighted by molar-refractivity contribution is -0.143. The maximum absolute atomic E-state index is 12.2. The second kappa shape index (κ2) is 6.84. The fourth-order valence-electron chi connectivity index (χ4n) is 4.34. The quantitative estimate of drug-likeness (QED) is 0.543. The molecule has 0 heterocycles. The smallest absolute Gasteiger partial charge is 0.329 e. The van der Waals surface area contributed by atoms with Crippen molar-refractivity contribution in [3.8, 4) is 0 Å². The standard InChI is InChI=1S/C21H18BrCl2NO2/c22-18-12-15-16(5-2-6-17(15)24)20(18)7-9-21(10-8-20,19(26)27)25-14-4-1-3-13(23)11-14/h1-6,11-12,25H,7-10H2,(H,26,27). The SMILES string of the molecule is O=C(O)C1(Nc2cccc(Cl)c2)CCC2(CC1)C(Br)=Cc1c(Cl)cccc12. The van der Waals surface area contributed by atoms with Gasteiger partial charge in [-0.2, -0.15) is 0 Å². The van der Waals surface area contributed by atoms with E-state index in [2.05, 4.69) is 33.4 Å². The number of aliphatic carboxylic acids is 1. The number of carbonyl (C=O) groups is 1. The molecule has 0 aromatic heterocycles. The second-order valence-electron chi connectivity index (χ2n) is 7.30. The van der Waals surface area contributed by atoms with Crippen molar-refractivity contribution < 1.29 is 9.90 Å². The van der Waals surface area contributed by atoms with Gasteiger partial charge in [0, 0.05) is 25.6 Å². The van der Waals surface area contributed by atoms with Gasteiger partial charge in [0.05, 0.1) is 0 Å². The lowest BCUT2D eigenvalue weighted by atomic mass is 9.65. The minimum Gasteiger partial charge on any atom is -0.480 e. The number of hydrogen-bond donors (Lipinski definition) is 2. The van der Waals surface area contributed by atoms with Crippen molar-refractivity contribution in [2.24, 2.45) is 0 Å². The molecule has 27 heavy (non-hydrogen) atoms. The molecule has 2 aliphatic rings. The third kappa shape index (κ3) is 3.08. The Morgan fingerprint density at radius 1 is 1.07 bits per heavy atom. The van der Waals surface area contributed by atoms with Crippen molar-refractivity contribution in [1.29, 1.82) is 0 Å². The van der Waals surface area contributed by atoms with Gasteiger partial charge in [0.2, 0.25) is 0 Å². The van der Waals surface area contributed by atoms with Crippen molar-refractivity contribution in [2.75, 3.05) is 5.32 Å². The number of anilines is 1. The first-order chi connectivity index (χ1) is 12.9. The number of carboxylic acids is 1. The van der Waals surface area contributed by atoms with E-state index in [4.69, 9.17) is 23.2 Å². The highest BCUT2D eigenvalue weighted by Gasteiger charge is 2.51. The molecule has 6 heteroatoms. The Kier molecular flexibility index (Phi) is 4.77. The molecule has 0 atom stereocenters. The minimum atomic E-state index is -1.01. The van der Waals surface area contributed by atoms with E-state index in [1.54, 1.807) is 12.1 Å². The summed E-state index contributed by atoms with van der Waals surface area (Å²) < 4.78 is 1.08. The number of halogens is 3. The van der Waals surface area contributed by atoms with E-state index in [9.17, 15) is 9.90 Å². The maximum atomic E-state index is 12.2. The molecule has 0 radical (unpaired) electrons. The van der Waals surface area contributed by atoms with E-state index < -0.39 is 11.5 Å². The van der Waals surface area contributed by atoms with Crippen LogP contribution in [0.15, 0.2) is 46.9 Å². The van der Waals surface area contributed by atoms with E-state index in [1.165, 1.54) is 5.56 Å². The number of rotatable bonds is 3. The van der Waals surface area contributed by atoms with Gasteiger partial charge < -0.3 is 10.4 Å². The molecule has 0 amide bonds. The van der Waals surface area contributed by atoms with Crippen molar-refractivity contribution in [3.63, 3.8) is 0 Å². The van der Waals surface area contributed by atoms with Crippen LogP contribution < -0.4 is 5.32 Å². The first kappa shape index (κ1) is 18.9. The van der Waals surface area contributed by atoms with E-state index in [1.807, 2.05) is 24.3 Å². The van der Waals surface area contributed by atoms with Gasteiger partial charge in [0.15, 0.2) is 0 Å². The van der Waals surface area contributed by atoms with Crippen LogP contribution in [0.25, 0.3) is 6.08 Å². The molecular formula is C21H18BrCl2NO2. The van der Waals surface area contributed by atoms with Crippen LogP contribution >= 0.6 is 39.1 Å². The topological polar surface area (TPSA) is 49.3 Å². The van der Waals surface area contributed by atoms with Crippen LogP contribution in [-0.4, -0.2) is 16.6 Å². The minimum absolute atomic E-state index is 0.199. The molecule has 140 valence electrons. The van der Waals surface area contributed by atoms with Gasteiger partial charge in [-0.3, -0.25) is 0 Å². The monoisotopic (exact) mass is 465 g/mol. The molecule has 4 rings (SSSR count). The number of carboxylic acid groups (broad SMARTS) is 1. The summed E-state index contributed by atoms with van der Waals surface area (Å²) in [7, 11) is 0. The Morgan fingerprint density at radius 2 is 1.78 bits per heavy atom. The van der Waals surface area contributed by atoms with Crippen LogP contribution in [0.5, 0.6) is 0 Å². The number of hydrogen-bond acceptors (Lipinski definition) is 2. The van der Waals surface area contributed by atoms with Crippen LogP contribution in [0.3, 0.4) is 0 Å². The van der Waals surface area contributed by atoms with E-state index in [-0.39, 0.29) is 5.41 Å². The molecule has 2 N–H and O–H groups in total. The molecule has 2 aliphatic carbocycles. The van der Waals surface area contributed by atoms with E-state index in [0.29, 0.717) is 17.9 Å². The highest BCUT2D eigenvalue weighted by molar-refractivity contribution is 9.11. The summed E-state index contributed by atoms with van der Waals surface area (Å²) in [4.78, 5) is 12.2. The van der Waals surface area contributed by atoms with Crippen LogP contribution in [0.2, 0.25) is 10.0 Å². The van der Waals surface area contributed by atoms with Crippen molar-refractivity contribution in [2.45, 2.75) is 36.6 Å². The first-order valence-electron chi connectivity index (χ1n) is 8.80. The zero-order valence-corrected chi connectivity index (χ0v) is 17.5. The lowest BCUT2D eigenvalue weighted by Gasteiger charge is -2.44. The zero-order valence-electron chi connectivity index (χ0n) is 14.4. The predicted molar refractivity (Wildman–Crippen MR) is 114 cm³/mol. The fraction of sp³-hybridized carbons (Fsp3) is 0.286. The largest absolute Gasteiger partial charge is 0.480 e. The van der Waals surface area contributed by atoms with E-state index in [0.717, 1.165) is 33.6 Å². The molecular weight excluding hydrogens is 449 g/mol. The Labute approximate surface area is 176 Å². The molecule has 2 aromatic carbocycles. The molecule has 0 bridgehead atoms. The summed E-state index contributed by atoms with van der Waals surface area (Å²) in [6.45, 7) is 0. The highest BCUT2D eigenvalue weighted by Crippen LogP contribution is 2.56. The maximum Gasteiger partial charge on any atom is 0.329 e. The molecule has 2 aromatic rings. The van der Waals surface area contributed by atoms with Crippen molar-refractivity contribution in [3.05, 3.63) is 68.1 Å². The van der Waals surface area contributed by atoms with Crippen molar-refractivity contribution in [1.82, 2.24) is 0 Å². The number of fused-ring (bicyclic) bond motifs is 2. The highest BCUT2D eigenvalue weighted by atomic mass is 79.9. The lowest BCUT2D eigenvalue weighted by Crippen LogP contribution is -2.52. The Balaban J connectivity index is 1.65. The summed E-state index contributed by atoms with van der Waals surface area (Å²) in [5.74, 6) is -0.832. The Bertz CT molecular complexity index is 949. The normalized spacial score (nSPS) is 26.6. The van der Waals surface area contributed by atoms with Gasteiger partial charge in [0.25, 0.3) is 0 Å². The Hall–Kier alpha value is -1.49. The first-order valence-corrected chi connectivity index (χ1v) is 10.4. The number of nitrogens with one attached hydrogen (secondary N) is 1. The number of allylic oxidation sites excluding steroid dienone is 1. The second-order valence-corrected chi connectivity index (χ2v) is 9.00. The van der Waals surface area contributed by atoms with Crippen molar-refractivity contribution >= 4 is 56.9 Å². The molecule has 3 nitrogen and oxygen atoms in total. The van der Waals surface area contributed by atoms with Gasteiger partial charge in [-0.15, -0.1) is 0 Å². The number of benzene rings is 2. The zero-order chi connectivity index (χ0) is 19.2. The predicted octanol–water partition coefficient (Wildman–Crippen LogP) is 6.49. The molecule has 1 saturated carbocycles. The molecule has 0 saturated heterocycles. The summed E-state index contributed by atoms with van der Waals surface area (Å²) in [5, 5.41) is 14.6. The molecule has 0 unspecified atom stereocenters. The molecule has 1 spiro atoms. The third-order valence-electron chi connectivity index (χ3n) is 5.87. The van der Waals surface area contributed by atoms with Gasteiger partial charge in [0.1, 0.15) is 5.54 Å².